The molecular formula is C18H10Cl3F3N6. The Morgan fingerprint density at radius 2 is 1.63 bits per heavy atom. The number of H-pyrrole nitrogens is 1. The molecule has 4 N–H and O–H groups in total. The number of nitrogen functional groups attached to an aromatic ring is 1. The molecule has 0 amide bonds. The maximum atomic E-state index is 12.9. The summed E-state index contributed by atoms with van der Waals surface area (Å²) in [6, 6.07) is 8.20. The molecule has 2 heterocycles. The van der Waals surface area contributed by atoms with E-state index in [4.69, 9.17) is 40.5 Å². The second kappa shape index (κ2) is 7.50. The fourth-order valence-corrected chi connectivity index (χ4v) is 3.51. The minimum atomic E-state index is -4.57. The molecule has 0 radical (unpaired) electrons. The first-order valence-electron chi connectivity index (χ1n) is 8.25. The van der Waals surface area contributed by atoms with Crippen molar-refractivity contribution in [2.75, 3.05) is 11.1 Å². The summed E-state index contributed by atoms with van der Waals surface area (Å²) in [6.07, 6.45) is -4.57. The number of hydrogen-bond acceptors (Lipinski definition) is 5. The van der Waals surface area contributed by atoms with Crippen molar-refractivity contribution in [1.29, 1.82) is 0 Å². The fraction of sp³-hybridized carbons (Fsp3) is 0.0556. The smallest absolute Gasteiger partial charge is 0.382 e. The lowest BCUT2D eigenvalue weighted by Crippen LogP contribution is -2.06. The number of hydrogen-bond donors (Lipinski definition) is 3. The van der Waals surface area contributed by atoms with Gasteiger partial charge in [0, 0.05) is 5.56 Å². The minimum absolute atomic E-state index is 0.0526. The van der Waals surface area contributed by atoms with Gasteiger partial charge in [0.15, 0.2) is 17.3 Å². The van der Waals surface area contributed by atoms with E-state index >= 15 is 0 Å². The number of nitrogens with one attached hydrogen (secondary N) is 2. The van der Waals surface area contributed by atoms with Gasteiger partial charge in [-0.05, 0) is 24.3 Å². The molecule has 0 spiro atoms. The number of para-hydroxylation sites is 1. The molecule has 30 heavy (non-hydrogen) atoms. The molecule has 12 heteroatoms. The van der Waals surface area contributed by atoms with E-state index in [0.717, 1.165) is 12.1 Å². The molecule has 0 aliphatic rings. The van der Waals surface area contributed by atoms with Gasteiger partial charge in [-0.25, -0.2) is 9.97 Å². The number of rotatable bonds is 3. The average molecular weight is 474 g/mol. The zero-order valence-corrected chi connectivity index (χ0v) is 16.9. The summed E-state index contributed by atoms with van der Waals surface area (Å²) in [7, 11) is 0. The molecule has 4 aromatic rings. The summed E-state index contributed by atoms with van der Waals surface area (Å²) in [5.41, 5.74) is 6.25. The summed E-state index contributed by atoms with van der Waals surface area (Å²) < 4.78 is 38.8. The Hall–Kier alpha value is -2.75. The van der Waals surface area contributed by atoms with Gasteiger partial charge in [-0.1, -0.05) is 46.9 Å². The number of benzene rings is 2. The Morgan fingerprint density at radius 1 is 0.933 bits per heavy atom. The first kappa shape index (κ1) is 20.5. The molecule has 0 atom stereocenters. The van der Waals surface area contributed by atoms with Gasteiger partial charge in [-0.2, -0.15) is 18.2 Å². The summed E-state index contributed by atoms with van der Waals surface area (Å²) in [6.45, 7) is 0. The Kier molecular flexibility index (Phi) is 5.13. The lowest BCUT2D eigenvalue weighted by Gasteiger charge is -2.10. The van der Waals surface area contributed by atoms with Crippen LogP contribution in [0, 0.1) is 0 Å². The van der Waals surface area contributed by atoms with Crippen molar-refractivity contribution in [2.45, 2.75) is 6.18 Å². The molecule has 0 fully saturated rings. The van der Waals surface area contributed by atoms with E-state index in [0.29, 0.717) is 21.2 Å². The first-order valence-corrected chi connectivity index (χ1v) is 9.38. The molecule has 2 aromatic carbocycles. The normalized spacial score (nSPS) is 11.8. The van der Waals surface area contributed by atoms with Gasteiger partial charge in [0.05, 0.1) is 26.3 Å². The van der Waals surface area contributed by atoms with E-state index in [-0.39, 0.29) is 28.8 Å². The number of alkyl halides is 3. The van der Waals surface area contributed by atoms with Crippen LogP contribution >= 0.6 is 34.8 Å². The van der Waals surface area contributed by atoms with Gasteiger partial charge < -0.3 is 16.0 Å². The van der Waals surface area contributed by atoms with E-state index in [1.807, 2.05) is 0 Å². The Balaban J connectivity index is 1.73. The van der Waals surface area contributed by atoms with Crippen molar-refractivity contribution >= 4 is 63.4 Å². The molecule has 0 bridgehead atoms. The second-order valence-corrected chi connectivity index (χ2v) is 7.35. The van der Waals surface area contributed by atoms with Crippen LogP contribution < -0.4 is 11.1 Å². The van der Waals surface area contributed by atoms with Gasteiger partial charge in [0.1, 0.15) is 5.52 Å². The van der Waals surface area contributed by atoms with Gasteiger partial charge in [0.25, 0.3) is 0 Å². The predicted octanol–water partition coefficient (Wildman–Crippen LogP) is 6.32. The van der Waals surface area contributed by atoms with E-state index in [2.05, 4.69) is 25.3 Å². The van der Waals surface area contributed by atoms with Crippen LogP contribution in [0.15, 0.2) is 36.4 Å². The van der Waals surface area contributed by atoms with Crippen molar-refractivity contribution < 1.29 is 13.2 Å². The summed E-state index contributed by atoms with van der Waals surface area (Å²) in [5.74, 6) is 0.380. The highest BCUT2D eigenvalue weighted by atomic mass is 35.5. The van der Waals surface area contributed by atoms with Crippen LogP contribution in [-0.2, 0) is 6.18 Å². The molecule has 0 saturated heterocycles. The van der Waals surface area contributed by atoms with Gasteiger partial charge >= 0.3 is 6.18 Å². The SMILES string of the molecule is Nc1nc(-c2ccc(C(F)(F)F)c(Cl)c2)nc2nc(Nc3c(Cl)cccc3Cl)[nH]c12. The third-order valence-corrected chi connectivity index (χ3v) is 5.06. The highest BCUT2D eigenvalue weighted by molar-refractivity contribution is 6.39. The zero-order chi connectivity index (χ0) is 21.6. The largest absolute Gasteiger partial charge is 0.417 e. The monoisotopic (exact) mass is 472 g/mol. The topological polar surface area (TPSA) is 92.5 Å². The Morgan fingerprint density at radius 3 is 2.27 bits per heavy atom. The number of halogens is 6. The highest BCUT2D eigenvalue weighted by Gasteiger charge is 2.33. The first-order chi connectivity index (χ1) is 14.1. The molecule has 2 aromatic heterocycles. The number of imidazole rings is 1. The molecule has 154 valence electrons. The minimum Gasteiger partial charge on any atom is -0.382 e. The van der Waals surface area contributed by atoms with Crippen LogP contribution in [0.5, 0.6) is 0 Å². The highest BCUT2D eigenvalue weighted by Crippen LogP contribution is 2.37. The number of aromatic nitrogens is 4. The zero-order valence-electron chi connectivity index (χ0n) is 14.7. The quantitative estimate of drug-likeness (QED) is 0.323. The number of nitrogens with zero attached hydrogens (tertiary/aromatic N) is 3. The second-order valence-electron chi connectivity index (χ2n) is 6.13. The van der Waals surface area contributed by atoms with Gasteiger partial charge in [0.2, 0.25) is 5.95 Å². The molecular weight excluding hydrogens is 464 g/mol. The third kappa shape index (κ3) is 3.83. The molecule has 4 rings (SSSR count). The molecule has 0 aliphatic heterocycles. The van der Waals surface area contributed by atoms with Crippen LogP contribution in [0.3, 0.4) is 0 Å². The van der Waals surface area contributed by atoms with Gasteiger partial charge in [-0.15, -0.1) is 0 Å². The summed E-state index contributed by atoms with van der Waals surface area (Å²) >= 11 is 18.1. The number of anilines is 3. The molecule has 0 aliphatic carbocycles. The van der Waals surface area contributed by atoms with E-state index in [9.17, 15) is 13.2 Å². The van der Waals surface area contributed by atoms with Crippen molar-refractivity contribution in [3.63, 3.8) is 0 Å². The van der Waals surface area contributed by atoms with E-state index in [1.165, 1.54) is 6.07 Å². The number of aromatic amines is 1. The maximum absolute atomic E-state index is 12.9. The standard InChI is InChI=1S/C18H10Cl3F3N6/c19-9-2-1-3-10(20)12(9)26-17-27-13-14(25)28-15(29-16(13)30-17)7-4-5-8(11(21)6-7)18(22,23)24/h1-6H,(H4,25,26,27,28,29,30). The van der Waals surface area contributed by atoms with Crippen molar-refractivity contribution in [3.8, 4) is 11.4 Å². The maximum Gasteiger partial charge on any atom is 0.417 e. The summed E-state index contributed by atoms with van der Waals surface area (Å²) in [5, 5.41) is 3.23. The Bertz CT molecular complexity index is 1250. The summed E-state index contributed by atoms with van der Waals surface area (Å²) in [4.78, 5) is 15.6. The van der Waals surface area contributed by atoms with Crippen molar-refractivity contribution in [3.05, 3.63) is 57.0 Å². The lowest BCUT2D eigenvalue weighted by atomic mass is 10.1. The van der Waals surface area contributed by atoms with E-state index < -0.39 is 16.8 Å². The molecule has 6 nitrogen and oxygen atoms in total. The molecule has 0 saturated carbocycles. The van der Waals surface area contributed by atoms with Crippen LogP contribution in [-0.4, -0.2) is 19.9 Å². The lowest BCUT2D eigenvalue weighted by molar-refractivity contribution is -0.137. The van der Waals surface area contributed by atoms with Crippen molar-refractivity contribution in [2.24, 2.45) is 0 Å². The van der Waals surface area contributed by atoms with Crippen LogP contribution in [0.25, 0.3) is 22.6 Å². The predicted molar refractivity (Wildman–Crippen MR) is 111 cm³/mol. The average Bonchev–Trinajstić information content (AvgIpc) is 3.07. The number of fused-ring (bicyclic) bond motifs is 1. The fourth-order valence-electron chi connectivity index (χ4n) is 2.73. The van der Waals surface area contributed by atoms with E-state index in [1.54, 1.807) is 18.2 Å². The molecule has 0 unspecified atom stereocenters. The number of nitrogens with two attached hydrogens (primary N) is 1. The van der Waals surface area contributed by atoms with Crippen molar-refractivity contribution in [1.82, 2.24) is 19.9 Å². The third-order valence-electron chi connectivity index (χ3n) is 4.12. The van der Waals surface area contributed by atoms with Crippen LogP contribution in [0.4, 0.5) is 30.6 Å². The van der Waals surface area contributed by atoms with Gasteiger partial charge in [-0.3, -0.25) is 0 Å². The van der Waals surface area contributed by atoms with Crippen LogP contribution in [0.1, 0.15) is 5.56 Å². The Labute approximate surface area is 182 Å². The van der Waals surface area contributed by atoms with Crippen LogP contribution in [0.2, 0.25) is 15.1 Å².